The number of hydrogen-bond donors (Lipinski definition) is 1. The molecule has 2 aromatic carbocycles. The van der Waals surface area contributed by atoms with E-state index in [-0.39, 0.29) is 12.2 Å². The zero-order valence-electron chi connectivity index (χ0n) is 13.7. The summed E-state index contributed by atoms with van der Waals surface area (Å²) in [5, 5.41) is 10.1. The van der Waals surface area contributed by atoms with E-state index in [0.29, 0.717) is 12.3 Å². The van der Waals surface area contributed by atoms with Crippen LogP contribution in [0.1, 0.15) is 36.4 Å². The Morgan fingerprint density at radius 3 is 2.52 bits per heavy atom. The van der Waals surface area contributed by atoms with E-state index in [4.69, 9.17) is 10.1 Å². The number of hydrogen-bond acceptors (Lipinski definition) is 2. The number of pyridine rings is 1. The normalized spacial score (nSPS) is 14.0. The lowest BCUT2D eigenvalue weighted by Gasteiger charge is -2.17. The number of fused-ring (bicyclic) bond motifs is 1. The first-order chi connectivity index (χ1) is 12.1. The van der Waals surface area contributed by atoms with Crippen LogP contribution in [-0.4, -0.2) is 16.1 Å². The van der Waals surface area contributed by atoms with Gasteiger partial charge in [0.05, 0.1) is 5.52 Å². The lowest BCUT2D eigenvalue weighted by atomic mass is 9.90. The van der Waals surface area contributed by atoms with Gasteiger partial charge >= 0.3 is 5.97 Å². The Morgan fingerprint density at radius 2 is 1.84 bits per heavy atom. The molecule has 126 valence electrons. The number of carbonyl (C=O) groups is 1. The molecule has 0 amide bonds. The quantitative estimate of drug-likeness (QED) is 0.719. The van der Waals surface area contributed by atoms with Crippen molar-refractivity contribution in [3.8, 4) is 11.1 Å². The lowest BCUT2D eigenvalue weighted by molar-refractivity contribution is -0.136. The summed E-state index contributed by atoms with van der Waals surface area (Å²) in [7, 11) is 0. The fraction of sp³-hybridized carbons (Fsp3) is 0.238. The second kappa shape index (κ2) is 6.28. The monoisotopic (exact) mass is 335 g/mol. The van der Waals surface area contributed by atoms with Crippen molar-refractivity contribution >= 4 is 16.9 Å². The average Bonchev–Trinajstić information content (AvgIpc) is 3.44. The molecule has 1 fully saturated rings. The van der Waals surface area contributed by atoms with E-state index in [0.717, 1.165) is 46.1 Å². The number of halogens is 1. The van der Waals surface area contributed by atoms with Crippen LogP contribution < -0.4 is 0 Å². The van der Waals surface area contributed by atoms with Crippen LogP contribution >= 0.6 is 0 Å². The number of rotatable bonds is 5. The Labute approximate surface area is 145 Å². The van der Waals surface area contributed by atoms with Crippen LogP contribution in [0, 0.1) is 5.82 Å². The van der Waals surface area contributed by atoms with E-state index in [1.54, 1.807) is 12.1 Å². The van der Waals surface area contributed by atoms with Crippen molar-refractivity contribution in [1.82, 2.24) is 4.98 Å². The number of carboxylic acid groups (broad SMARTS) is 1. The predicted octanol–water partition coefficient (Wildman–Crippen LogP) is 4.94. The smallest absolute Gasteiger partial charge is 0.303 e. The van der Waals surface area contributed by atoms with E-state index < -0.39 is 5.97 Å². The van der Waals surface area contributed by atoms with Gasteiger partial charge in [0.25, 0.3) is 0 Å². The van der Waals surface area contributed by atoms with Gasteiger partial charge < -0.3 is 5.11 Å². The minimum absolute atomic E-state index is 0.0634. The van der Waals surface area contributed by atoms with E-state index in [9.17, 15) is 9.18 Å². The van der Waals surface area contributed by atoms with Gasteiger partial charge in [-0.15, -0.1) is 0 Å². The van der Waals surface area contributed by atoms with Crippen LogP contribution in [0.15, 0.2) is 48.5 Å². The summed E-state index contributed by atoms with van der Waals surface area (Å²) in [5.41, 5.74) is 4.81. The van der Waals surface area contributed by atoms with Gasteiger partial charge in [-0.2, -0.15) is 0 Å². The van der Waals surface area contributed by atoms with E-state index >= 15 is 0 Å². The van der Waals surface area contributed by atoms with Crippen LogP contribution in [0.25, 0.3) is 22.0 Å². The highest BCUT2D eigenvalue weighted by Crippen LogP contribution is 2.45. The van der Waals surface area contributed by atoms with Gasteiger partial charge in [-0.25, -0.2) is 4.39 Å². The predicted molar refractivity (Wildman–Crippen MR) is 95.1 cm³/mol. The van der Waals surface area contributed by atoms with Crippen molar-refractivity contribution in [2.75, 3.05) is 0 Å². The molecule has 3 nitrogen and oxygen atoms in total. The highest BCUT2D eigenvalue weighted by Gasteiger charge is 2.30. The third kappa shape index (κ3) is 3.12. The van der Waals surface area contributed by atoms with Crippen LogP contribution in [0.5, 0.6) is 0 Å². The largest absolute Gasteiger partial charge is 0.481 e. The first-order valence-electron chi connectivity index (χ1n) is 8.52. The van der Waals surface area contributed by atoms with Gasteiger partial charge in [-0.3, -0.25) is 9.78 Å². The zero-order chi connectivity index (χ0) is 17.4. The molecule has 0 atom stereocenters. The summed E-state index contributed by atoms with van der Waals surface area (Å²) in [4.78, 5) is 16.0. The van der Waals surface area contributed by atoms with Crippen LogP contribution in [0.4, 0.5) is 4.39 Å². The number of aliphatic carboxylic acids is 1. The highest BCUT2D eigenvalue weighted by molar-refractivity contribution is 5.97. The van der Waals surface area contributed by atoms with E-state index in [1.165, 1.54) is 12.1 Å². The van der Waals surface area contributed by atoms with Crippen molar-refractivity contribution < 1.29 is 14.3 Å². The Kier molecular flexibility index (Phi) is 3.96. The van der Waals surface area contributed by atoms with Crippen molar-refractivity contribution in [3.63, 3.8) is 0 Å². The molecule has 1 aromatic heterocycles. The van der Waals surface area contributed by atoms with E-state index in [2.05, 4.69) is 0 Å². The van der Waals surface area contributed by atoms with E-state index in [1.807, 2.05) is 24.3 Å². The molecule has 0 spiro atoms. The van der Waals surface area contributed by atoms with Crippen molar-refractivity contribution in [2.45, 2.75) is 31.6 Å². The minimum atomic E-state index is -0.819. The average molecular weight is 335 g/mol. The van der Waals surface area contributed by atoms with Gasteiger partial charge in [0.2, 0.25) is 0 Å². The van der Waals surface area contributed by atoms with Gasteiger partial charge in [-0.05, 0) is 54.2 Å². The molecule has 0 radical (unpaired) electrons. The molecule has 1 N–H and O–H groups in total. The van der Waals surface area contributed by atoms with Crippen molar-refractivity contribution in [2.24, 2.45) is 0 Å². The SMILES string of the molecule is O=C(O)CCc1c(C2CC2)nc2ccccc2c1-c1ccc(F)cc1. The van der Waals surface area contributed by atoms with Gasteiger partial charge in [0.1, 0.15) is 5.82 Å². The molecule has 0 unspecified atom stereocenters. The van der Waals surface area contributed by atoms with Gasteiger partial charge in [-0.1, -0.05) is 30.3 Å². The molecule has 4 rings (SSSR count). The molecule has 1 aliphatic rings. The Balaban J connectivity index is 1.99. The number of carboxylic acids is 1. The molecule has 1 saturated carbocycles. The fourth-order valence-corrected chi connectivity index (χ4v) is 3.40. The number of nitrogens with zero attached hydrogens (tertiary/aromatic N) is 1. The summed E-state index contributed by atoms with van der Waals surface area (Å²) in [6.45, 7) is 0. The summed E-state index contributed by atoms with van der Waals surface area (Å²) in [6.07, 6.45) is 2.68. The summed E-state index contributed by atoms with van der Waals surface area (Å²) in [5.74, 6) is -0.691. The zero-order valence-corrected chi connectivity index (χ0v) is 13.7. The minimum Gasteiger partial charge on any atom is -0.481 e. The highest BCUT2D eigenvalue weighted by atomic mass is 19.1. The van der Waals surface area contributed by atoms with Crippen LogP contribution in [0.3, 0.4) is 0 Å². The first-order valence-corrected chi connectivity index (χ1v) is 8.52. The van der Waals surface area contributed by atoms with Crippen molar-refractivity contribution in [3.05, 3.63) is 65.6 Å². The maximum absolute atomic E-state index is 13.4. The molecule has 0 bridgehead atoms. The molecule has 4 heteroatoms. The summed E-state index contributed by atoms with van der Waals surface area (Å²) < 4.78 is 13.4. The molecule has 1 heterocycles. The van der Waals surface area contributed by atoms with Crippen molar-refractivity contribution in [1.29, 1.82) is 0 Å². The van der Waals surface area contributed by atoms with Crippen LogP contribution in [0.2, 0.25) is 0 Å². The molecule has 0 saturated heterocycles. The summed E-state index contributed by atoms with van der Waals surface area (Å²) in [6, 6.07) is 14.3. The molecule has 25 heavy (non-hydrogen) atoms. The second-order valence-electron chi connectivity index (χ2n) is 6.54. The summed E-state index contributed by atoms with van der Waals surface area (Å²) >= 11 is 0. The molecule has 3 aromatic rings. The fourth-order valence-electron chi connectivity index (χ4n) is 3.40. The number of benzene rings is 2. The topological polar surface area (TPSA) is 50.2 Å². The second-order valence-corrected chi connectivity index (χ2v) is 6.54. The Bertz CT molecular complexity index is 946. The standard InChI is InChI=1S/C21H18FNO2/c22-15-9-7-13(8-10-15)20-16-3-1-2-4-18(16)23-21(14-5-6-14)17(20)11-12-19(24)25/h1-4,7-10,14H,5-6,11-12H2,(H,24,25). The molecular weight excluding hydrogens is 317 g/mol. The molecule has 1 aliphatic carbocycles. The first kappa shape index (κ1) is 15.8. The molecule has 0 aliphatic heterocycles. The van der Waals surface area contributed by atoms with Crippen LogP contribution in [-0.2, 0) is 11.2 Å². The lowest BCUT2D eigenvalue weighted by Crippen LogP contribution is -2.05. The third-order valence-corrected chi connectivity index (χ3v) is 4.71. The Hall–Kier alpha value is -2.75. The maximum atomic E-state index is 13.4. The van der Waals surface area contributed by atoms with Gasteiger partial charge in [0, 0.05) is 23.4 Å². The Morgan fingerprint density at radius 1 is 1.12 bits per heavy atom. The van der Waals surface area contributed by atoms with Gasteiger partial charge in [0.15, 0.2) is 0 Å². The molecular formula is C21H18FNO2. The number of aromatic nitrogens is 1. The third-order valence-electron chi connectivity index (χ3n) is 4.71. The number of para-hydroxylation sites is 1. The maximum Gasteiger partial charge on any atom is 0.303 e.